The molecule has 4 nitrogen and oxygen atoms in total. The van der Waals surface area contributed by atoms with Crippen molar-refractivity contribution in [3.63, 3.8) is 0 Å². The number of amides is 2. The lowest BCUT2D eigenvalue weighted by atomic mass is 10.0. The molecular weight excluding hydrogens is 495 g/mol. The van der Waals surface area contributed by atoms with Gasteiger partial charge in [-0.1, -0.05) is 79.5 Å². The van der Waals surface area contributed by atoms with Gasteiger partial charge < -0.3 is 10.2 Å². The smallest absolute Gasteiger partial charge is 0.243 e. The number of nitrogens with zero attached hydrogens (tertiary/aromatic N) is 1. The van der Waals surface area contributed by atoms with Gasteiger partial charge in [-0.25, -0.2) is 4.39 Å². The molecule has 0 heterocycles. The molecular formula is C29H32ClFN2O2S. The van der Waals surface area contributed by atoms with E-state index in [0.717, 1.165) is 29.5 Å². The Kier molecular flexibility index (Phi) is 11.3. The van der Waals surface area contributed by atoms with Crippen LogP contribution in [0.3, 0.4) is 0 Å². The second-order valence-corrected chi connectivity index (χ2v) is 10.0. The maximum absolute atomic E-state index is 13.6. The number of rotatable bonds is 13. The quantitative estimate of drug-likeness (QED) is 0.267. The molecule has 2 amide bonds. The van der Waals surface area contributed by atoms with Crippen LogP contribution in [0, 0.1) is 5.82 Å². The number of nitrogens with one attached hydrogen (secondary N) is 1. The molecule has 3 aromatic carbocycles. The lowest BCUT2D eigenvalue weighted by Gasteiger charge is -2.31. The first-order valence-corrected chi connectivity index (χ1v) is 13.7. The molecule has 0 aliphatic carbocycles. The molecule has 0 bridgehead atoms. The first-order chi connectivity index (χ1) is 17.5. The number of hydrogen-bond donors (Lipinski definition) is 1. The van der Waals surface area contributed by atoms with Crippen LogP contribution in [0.2, 0.25) is 5.02 Å². The number of thioether (sulfide) groups is 1. The Balaban J connectivity index is 1.82. The summed E-state index contributed by atoms with van der Waals surface area (Å²) < 4.78 is 13.5. The summed E-state index contributed by atoms with van der Waals surface area (Å²) in [5.41, 5.74) is 2.77. The number of carbonyl (C=O) groups is 2. The van der Waals surface area contributed by atoms with Crippen molar-refractivity contribution in [1.29, 1.82) is 0 Å². The molecule has 0 radical (unpaired) electrons. The van der Waals surface area contributed by atoms with Crippen LogP contribution in [0.4, 0.5) is 4.39 Å². The van der Waals surface area contributed by atoms with Crippen LogP contribution < -0.4 is 5.32 Å². The number of unbranched alkanes of at least 4 members (excludes halogenated alkanes) is 1. The van der Waals surface area contributed by atoms with E-state index in [-0.39, 0.29) is 29.9 Å². The van der Waals surface area contributed by atoms with E-state index in [1.165, 1.54) is 23.9 Å². The standard InChI is InChI=1S/C29H32ClFN2O2S/c1-2-3-16-32-29(35)27(18-22-8-5-4-6-9-22)33(19-23-12-14-26(31)15-13-23)28(34)21-36-20-24-10-7-11-25(30)17-24/h4-15,17,27H,2-3,16,18-21H2,1H3,(H,32,35)/t27-/m1/s1. The van der Waals surface area contributed by atoms with Gasteiger partial charge in [0.25, 0.3) is 0 Å². The van der Waals surface area contributed by atoms with E-state index in [0.29, 0.717) is 23.7 Å². The third-order valence-electron chi connectivity index (χ3n) is 5.75. The molecule has 0 saturated carbocycles. The molecule has 1 N–H and O–H groups in total. The SMILES string of the molecule is CCCCNC(=O)[C@@H](Cc1ccccc1)N(Cc1ccc(F)cc1)C(=O)CSCc1cccc(Cl)c1. The summed E-state index contributed by atoms with van der Waals surface area (Å²) in [7, 11) is 0. The van der Waals surface area contributed by atoms with Crippen molar-refractivity contribution in [3.05, 3.63) is 106 Å². The highest BCUT2D eigenvalue weighted by atomic mass is 35.5. The van der Waals surface area contributed by atoms with Crippen LogP contribution in [-0.4, -0.2) is 35.1 Å². The summed E-state index contributed by atoms with van der Waals surface area (Å²) in [5, 5.41) is 3.66. The summed E-state index contributed by atoms with van der Waals surface area (Å²) in [5.74, 6) is 0.177. The third-order valence-corrected chi connectivity index (χ3v) is 6.97. The number of halogens is 2. The lowest BCUT2D eigenvalue weighted by molar-refractivity contribution is -0.139. The van der Waals surface area contributed by atoms with Gasteiger partial charge in [0.2, 0.25) is 11.8 Å². The minimum Gasteiger partial charge on any atom is -0.354 e. The molecule has 0 unspecified atom stereocenters. The van der Waals surface area contributed by atoms with Gasteiger partial charge >= 0.3 is 0 Å². The number of carbonyl (C=O) groups excluding carboxylic acids is 2. The van der Waals surface area contributed by atoms with Crippen molar-refractivity contribution in [1.82, 2.24) is 10.2 Å². The van der Waals surface area contributed by atoms with Gasteiger partial charge in [0, 0.05) is 30.3 Å². The van der Waals surface area contributed by atoms with Gasteiger partial charge in [0.05, 0.1) is 5.75 Å². The van der Waals surface area contributed by atoms with Gasteiger partial charge in [-0.05, 0) is 47.4 Å². The molecule has 0 saturated heterocycles. The fourth-order valence-electron chi connectivity index (χ4n) is 3.81. The summed E-state index contributed by atoms with van der Waals surface area (Å²) >= 11 is 7.57. The topological polar surface area (TPSA) is 49.4 Å². The Morgan fingerprint density at radius 3 is 2.39 bits per heavy atom. The molecule has 0 aliphatic heterocycles. The minimum absolute atomic E-state index is 0.141. The van der Waals surface area contributed by atoms with Crippen molar-refractivity contribution in [2.24, 2.45) is 0 Å². The second kappa shape index (κ2) is 14.7. The Hall–Kier alpha value is -2.83. The van der Waals surface area contributed by atoms with Crippen LogP contribution in [0.25, 0.3) is 0 Å². The van der Waals surface area contributed by atoms with Gasteiger partial charge in [0.15, 0.2) is 0 Å². The van der Waals surface area contributed by atoms with E-state index in [2.05, 4.69) is 12.2 Å². The highest BCUT2D eigenvalue weighted by Crippen LogP contribution is 2.20. The molecule has 190 valence electrons. The van der Waals surface area contributed by atoms with Crippen molar-refractivity contribution in [2.45, 2.75) is 44.5 Å². The first-order valence-electron chi connectivity index (χ1n) is 12.1. The van der Waals surface area contributed by atoms with Gasteiger partial charge in [-0.15, -0.1) is 11.8 Å². The zero-order chi connectivity index (χ0) is 25.8. The molecule has 3 rings (SSSR count). The van der Waals surface area contributed by atoms with Crippen LogP contribution >= 0.6 is 23.4 Å². The molecule has 3 aromatic rings. The predicted molar refractivity (Wildman–Crippen MR) is 146 cm³/mol. The van der Waals surface area contributed by atoms with E-state index >= 15 is 0 Å². The van der Waals surface area contributed by atoms with Crippen molar-refractivity contribution in [2.75, 3.05) is 12.3 Å². The molecule has 0 spiro atoms. The zero-order valence-corrected chi connectivity index (χ0v) is 22.0. The molecule has 0 aliphatic rings. The summed E-state index contributed by atoms with van der Waals surface area (Å²) in [6.07, 6.45) is 2.22. The second-order valence-electron chi connectivity index (χ2n) is 8.62. The Bertz CT molecular complexity index is 1110. The normalized spacial score (nSPS) is 11.6. The number of benzene rings is 3. The Morgan fingerprint density at radius 1 is 0.972 bits per heavy atom. The zero-order valence-electron chi connectivity index (χ0n) is 20.5. The maximum atomic E-state index is 13.6. The molecule has 7 heteroatoms. The molecule has 1 atom stereocenters. The summed E-state index contributed by atoms with van der Waals surface area (Å²) in [4.78, 5) is 28.6. The molecule has 0 fully saturated rings. The van der Waals surface area contributed by atoms with Crippen LogP contribution in [-0.2, 0) is 28.3 Å². The van der Waals surface area contributed by atoms with Gasteiger partial charge in [-0.3, -0.25) is 9.59 Å². The highest BCUT2D eigenvalue weighted by molar-refractivity contribution is 7.99. The average molecular weight is 527 g/mol. The van der Waals surface area contributed by atoms with E-state index in [1.54, 1.807) is 17.0 Å². The van der Waals surface area contributed by atoms with E-state index < -0.39 is 6.04 Å². The van der Waals surface area contributed by atoms with Crippen molar-refractivity contribution >= 4 is 35.2 Å². The maximum Gasteiger partial charge on any atom is 0.243 e. The van der Waals surface area contributed by atoms with Crippen LogP contribution in [0.5, 0.6) is 0 Å². The minimum atomic E-state index is -0.687. The van der Waals surface area contributed by atoms with Gasteiger partial charge in [-0.2, -0.15) is 0 Å². The van der Waals surface area contributed by atoms with E-state index in [1.807, 2.05) is 54.6 Å². The number of hydrogen-bond acceptors (Lipinski definition) is 3. The summed E-state index contributed by atoms with van der Waals surface area (Å²) in [6, 6.07) is 22.6. The largest absolute Gasteiger partial charge is 0.354 e. The van der Waals surface area contributed by atoms with Crippen LogP contribution in [0.1, 0.15) is 36.5 Å². The highest BCUT2D eigenvalue weighted by Gasteiger charge is 2.30. The van der Waals surface area contributed by atoms with Crippen molar-refractivity contribution in [3.8, 4) is 0 Å². The van der Waals surface area contributed by atoms with E-state index in [4.69, 9.17) is 11.6 Å². The fourth-order valence-corrected chi connectivity index (χ4v) is 4.88. The first kappa shape index (κ1) is 27.8. The predicted octanol–water partition coefficient (Wildman–Crippen LogP) is 6.27. The Morgan fingerprint density at radius 2 is 1.69 bits per heavy atom. The lowest BCUT2D eigenvalue weighted by Crippen LogP contribution is -2.51. The molecule has 36 heavy (non-hydrogen) atoms. The summed E-state index contributed by atoms with van der Waals surface area (Å²) in [6.45, 7) is 2.84. The molecule has 0 aromatic heterocycles. The van der Waals surface area contributed by atoms with Crippen molar-refractivity contribution < 1.29 is 14.0 Å². The average Bonchev–Trinajstić information content (AvgIpc) is 2.88. The van der Waals surface area contributed by atoms with E-state index in [9.17, 15) is 14.0 Å². The third kappa shape index (κ3) is 8.99. The monoisotopic (exact) mass is 526 g/mol. The van der Waals surface area contributed by atoms with Gasteiger partial charge in [0.1, 0.15) is 11.9 Å². The van der Waals surface area contributed by atoms with Crippen LogP contribution in [0.15, 0.2) is 78.9 Å². The Labute approximate surface area is 222 Å². The fraction of sp³-hybridized carbons (Fsp3) is 0.310.